The first-order valence-corrected chi connectivity index (χ1v) is 18.1. The molecule has 0 aromatic carbocycles. The van der Waals surface area contributed by atoms with Crippen molar-refractivity contribution in [1.82, 2.24) is 30.2 Å². The number of hydrogen-bond acceptors (Lipinski definition) is 6. The second-order valence-electron chi connectivity index (χ2n) is 11.1. The number of hydrogen-bond donors (Lipinski definition) is 2. The van der Waals surface area contributed by atoms with Crippen LogP contribution < -0.4 is 10.6 Å². The smallest absolute Gasteiger partial charge is 0.0483 e. The van der Waals surface area contributed by atoms with E-state index in [0.29, 0.717) is 6.04 Å². The van der Waals surface area contributed by atoms with Crippen LogP contribution in [-0.4, -0.2) is 116 Å². The third-order valence-electron chi connectivity index (χ3n) is 7.24. The van der Waals surface area contributed by atoms with E-state index in [0.717, 1.165) is 44.4 Å². The van der Waals surface area contributed by atoms with E-state index < -0.39 is 0 Å². The van der Waals surface area contributed by atoms with Crippen molar-refractivity contribution >= 4 is 0 Å². The highest BCUT2D eigenvalue weighted by Gasteiger charge is 2.14. The molecule has 0 aliphatic carbocycles. The molecule has 0 unspecified atom stereocenters. The quantitative estimate of drug-likeness (QED) is 0.351. The fourth-order valence-electron chi connectivity index (χ4n) is 4.68. The Morgan fingerprint density at radius 3 is 0.756 bits per heavy atom. The SMILES string of the molecule is CC.CC.CC.CC.CC(C)N1CCCC1.CC(C)N1CCCC1.CC(C)N1CCNC1.CC(C)N1CCNCC1. The van der Waals surface area contributed by atoms with E-state index in [1.807, 2.05) is 55.4 Å². The fraction of sp³-hybridized carbons (Fsp3) is 1.00. The molecule has 4 saturated heterocycles. The minimum atomic E-state index is 0.713. The Bertz CT molecular complexity index is 384. The molecular weight excluding hydrogens is 504 g/mol. The van der Waals surface area contributed by atoms with E-state index in [4.69, 9.17) is 0 Å². The predicted octanol–water partition coefficient (Wildman–Crippen LogP) is 7.64. The van der Waals surface area contributed by atoms with Crippen molar-refractivity contribution in [1.29, 1.82) is 0 Å². The van der Waals surface area contributed by atoms with Crippen LogP contribution >= 0.6 is 0 Å². The van der Waals surface area contributed by atoms with Crippen LogP contribution in [-0.2, 0) is 0 Å². The van der Waals surface area contributed by atoms with Gasteiger partial charge in [0.15, 0.2) is 0 Å². The van der Waals surface area contributed by atoms with Gasteiger partial charge in [-0.05, 0) is 107 Å². The van der Waals surface area contributed by atoms with Crippen molar-refractivity contribution < 1.29 is 0 Å². The molecule has 6 nitrogen and oxygen atoms in total. The Hall–Kier alpha value is -0.240. The molecule has 0 bridgehead atoms. The van der Waals surface area contributed by atoms with Crippen LogP contribution in [0.3, 0.4) is 0 Å². The topological polar surface area (TPSA) is 37.0 Å². The van der Waals surface area contributed by atoms with Crippen molar-refractivity contribution in [3.8, 4) is 0 Å². The monoisotopic (exact) mass is 589 g/mol. The van der Waals surface area contributed by atoms with Gasteiger partial charge in [0.2, 0.25) is 0 Å². The van der Waals surface area contributed by atoms with Gasteiger partial charge >= 0.3 is 0 Å². The molecule has 4 heterocycles. The largest absolute Gasteiger partial charge is 0.314 e. The minimum Gasteiger partial charge on any atom is -0.314 e. The van der Waals surface area contributed by atoms with E-state index in [9.17, 15) is 0 Å². The first-order valence-electron chi connectivity index (χ1n) is 18.1. The molecule has 4 aliphatic rings. The van der Waals surface area contributed by atoms with Crippen LogP contribution in [0.2, 0.25) is 0 Å². The Morgan fingerprint density at radius 1 is 0.341 bits per heavy atom. The Kier molecular flexibility index (Phi) is 41.8. The van der Waals surface area contributed by atoms with Crippen LogP contribution in [0.4, 0.5) is 0 Å². The molecule has 41 heavy (non-hydrogen) atoms. The molecule has 0 aromatic heterocycles. The first-order chi connectivity index (χ1) is 19.7. The summed E-state index contributed by atoms with van der Waals surface area (Å²) in [5, 5.41) is 6.61. The summed E-state index contributed by atoms with van der Waals surface area (Å²) in [7, 11) is 0. The van der Waals surface area contributed by atoms with E-state index >= 15 is 0 Å². The molecule has 0 aromatic rings. The van der Waals surface area contributed by atoms with Gasteiger partial charge in [-0.25, -0.2) is 0 Å². The van der Waals surface area contributed by atoms with Crippen molar-refractivity contribution in [3.05, 3.63) is 0 Å². The second-order valence-corrected chi connectivity index (χ2v) is 11.1. The molecule has 0 saturated carbocycles. The molecule has 4 aliphatic heterocycles. The zero-order chi connectivity index (χ0) is 32.6. The lowest BCUT2D eigenvalue weighted by atomic mass is 10.3. The van der Waals surface area contributed by atoms with Crippen LogP contribution in [0.25, 0.3) is 0 Å². The third-order valence-corrected chi connectivity index (χ3v) is 7.24. The molecule has 0 radical (unpaired) electrons. The average molecular weight is 589 g/mol. The highest BCUT2D eigenvalue weighted by molar-refractivity contribution is 4.71. The van der Waals surface area contributed by atoms with Crippen molar-refractivity contribution in [2.24, 2.45) is 0 Å². The normalized spacial score (nSPS) is 19.0. The lowest BCUT2D eigenvalue weighted by Gasteiger charge is -2.30. The standard InChI is InChI=1S/C7H16N2.2C7H15N.C6H14N2.4C2H6/c1-7(2)9-5-3-8-4-6-9;2*1-7(2)8-5-3-4-6-8;1-6(2)8-4-3-7-5-8;4*1-2/h7-8H,3-6H2,1-2H3;2*7H,3-6H2,1-2H3;6-7H,3-5H2,1-2H3;4*1-2H3. The summed E-state index contributed by atoms with van der Waals surface area (Å²) in [5.74, 6) is 0. The summed E-state index contributed by atoms with van der Waals surface area (Å²) < 4.78 is 0. The van der Waals surface area contributed by atoms with Gasteiger partial charge in [-0.1, -0.05) is 55.4 Å². The summed E-state index contributed by atoms with van der Waals surface area (Å²) in [5.41, 5.74) is 0. The maximum atomic E-state index is 3.33. The molecule has 4 fully saturated rings. The number of likely N-dealkylation sites (tertiary alicyclic amines) is 2. The summed E-state index contributed by atoms with van der Waals surface area (Å²) in [4.78, 5) is 9.97. The van der Waals surface area contributed by atoms with Gasteiger partial charge in [0, 0.05) is 70.1 Å². The van der Waals surface area contributed by atoms with Gasteiger partial charge in [-0.3, -0.25) is 9.80 Å². The second kappa shape index (κ2) is 36.0. The highest BCUT2D eigenvalue weighted by Crippen LogP contribution is 2.10. The zero-order valence-corrected chi connectivity index (χ0v) is 31.7. The zero-order valence-electron chi connectivity index (χ0n) is 31.7. The average Bonchev–Trinajstić information content (AvgIpc) is 3.83. The molecule has 6 heteroatoms. The number of rotatable bonds is 4. The summed E-state index contributed by atoms with van der Waals surface area (Å²) in [6, 6.07) is 2.99. The molecule has 0 amide bonds. The number of piperazine rings is 1. The van der Waals surface area contributed by atoms with Gasteiger partial charge in [0.1, 0.15) is 0 Å². The molecule has 0 atom stereocenters. The maximum Gasteiger partial charge on any atom is 0.0483 e. The summed E-state index contributed by atoms with van der Waals surface area (Å²) in [6.45, 7) is 47.6. The van der Waals surface area contributed by atoms with Crippen molar-refractivity contribution in [3.63, 3.8) is 0 Å². The minimum absolute atomic E-state index is 0.713. The van der Waals surface area contributed by atoms with Crippen LogP contribution in [0.5, 0.6) is 0 Å². The Labute approximate surface area is 262 Å². The van der Waals surface area contributed by atoms with Crippen molar-refractivity contribution in [2.45, 2.75) is 161 Å². The third kappa shape index (κ3) is 28.3. The summed E-state index contributed by atoms with van der Waals surface area (Å²) >= 11 is 0. The predicted molar refractivity (Wildman–Crippen MR) is 192 cm³/mol. The van der Waals surface area contributed by atoms with Crippen LogP contribution in [0.15, 0.2) is 0 Å². The lowest BCUT2D eigenvalue weighted by Crippen LogP contribution is -2.46. The van der Waals surface area contributed by atoms with E-state index in [2.05, 4.69) is 85.6 Å². The number of nitrogens with zero attached hydrogens (tertiary/aromatic N) is 4. The molecule has 0 spiro atoms. The molecular formula is C35H84N6. The van der Waals surface area contributed by atoms with Crippen LogP contribution in [0.1, 0.15) is 136 Å². The molecule has 2 N–H and O–H groups in total. The van der Waals surface area contributed by atoms with Gasteiger partial charge in [0.05, 0.1) is 0 Å². The lowest BCUT2D eigenvalue weighted by molar-refractivity contribution is 0.196. The summed E-state index contributed by atoms with van der Waals surface area (Å²) in [6.07, 6.45) is 5.66. The van der Waals surface area contributed by atoms with Gasteiger partial charge < -0.3 is 20.4 Å². The van der Waals surface area contributed by atoms with Crippen LogP contribution in [0, 0.1) is 0 Å². The Morgan fingerprint density at radius 2 is 0.585 bits per heavy atom. The van der Waals surface area contributed by atoms with Gasteiger partial charge in [0.25, 0.3) is 0 Å². The van der Waals surface area contributed by atoms with E-state index in [1.165, 1.54) is 71.5 Å². The maximum absolute atomic E-state index is 3.33. The van der Waals surface area contributed by atoms with Gasteiger partial charge in [-0.2, -0.15) is 0 Å². The van der Waals surface area contributed by atoms with E-state index in [1.54, 1.807) is 0 Å². The van der Waals surface area contributed by atoms with Crippen molar-refractivity contribution in [2.75, 3.05) is 72.1 Å². The fourth-order valence-corrected chi connectivity index (χ4v) is 4.68. The van der Waals surface area contributed by atoms with E-state index in [-0.39, 0.29) is 0 Å². The number of nitrogens with one attached hydrogen (secondary N) is 2. The molecule has 4 rings (SSSR count). The molecule has 254 valence electrons. The first kappa shape index (κ1) is 47.7. The highest BCUT2D eigenvalue weighted by atomic mass is 15.3. The Balaban J connectivity index is -0.000000206. The van der Waals surface area contributed by atoms with Gasteiger partial charge in [-0.15, -0.1) is 0 Å².